The van der Waals surface area contributed by atoms with Crippen LogP contribution in [0.3, 0.4) is 0 Å². The number of nitrogens with two attached hydrogens (primary N) is 1. The van der Waals surface area contributed by atoms with Crippen molar-refractivity contribution in [2.24, 2.45) is 11.3 Å². The van der Waals surface area contributed by atoms with Crippen LogP contribution in [0.15, 0.2) is 0 Å². The first-order valence-electron chi connectivity index (χ1n) is 8.48. The fourth-order valence-electron chi connectivity index (χ4n) is 2.60. The number of hydrogen-bond acceptors (Lipinski definition) is 2. The monoisotopic (exact) mass is 270 g/mol. The molecular formula is C17H38N2. The second-order valence-electron chi connectivity index (χ2n) is 7.06. The van der Waals surface area contributed by atoms with E-state index in [1.54, 1.807) is 0 Å². The van der Waals surface area contributed by atoms with Crippen LogP contribution in [0.4, 0.5) is 0 Å². The van der Waals surface area contributed by atoms with E-state index in [2.05, 4.69) is 33.1 Å². The van der Waals surface area contributed by atoms with Gasteiger partial charge in [0.05, 0.1) is 0 Å². The highest BCUT2D eigenvalue weighted by Gasteiger charge is 2.22. The minimum atomic E-state index is 0.272. The number of hydrogen-bond donors (Lipinski definition) is 2. The van der Waals surface area contributed by atoms with Crippen molar-refractivity contribution < 1.29 is 0 Å². The molecule has 0 aliphatic rings. The van der Waals surface area contributed by atoms with Crippen LogP contribution in [0, 0.1) is 5.41 Å². The maximum Gasteiger partial charge on any atom is 0.0259 e. The third kappa shape index (κ3) is 11.4. The van der Waals surface area contributed by atoms with Gasteiger partial charge in [-0.3, -0.25) is 11.3 Å². The predicted octanol–water partition coefficient (Wildman–Crippen LogP) is 5.18. The van der Waals surface area contributed by atoms with Crippen LogP contribution in [0.5, 0.6) is 0 Å². The molecule has 0 heterocycles. The van der Waals surface area contributed by atoms with Crippen LogP contribution in [0.25, 0.3) is 0 Å². The highest BCUT2D eigenvalue weighted by atomic mass is 15.2. The molecule has 0 aromatic rings. The fourth-order valence-corrected chi connectivity index (χ4v) is 2.60. The van der Waals surface area contributed by atoms with Crippen LogP contribution < -0.4 is 11.3 Å². The van der Waals surface area contributed by atoms with Gasteiger partial charge in [0.15, 0.2) is 0 Å². The summed E-state index contributed by atoms with van der Waals surface area (Å²) in [5, 5.41) is 0. The summed E-state index contributed by atoms with van der Waals surface area (Å²) in [4.78, 5) is 0. The molecule has 0 rings (SSSR count). The van der Waals surface area contributed by atoms with E-state index < -0.39 is 0 Å². The van der Waals surface area contributed by atoms with Gasteiger partial charge in [0.2, 0.25) is 0 Å². The van der Waals surface area contributed by atoms with Crippen LogP contribution in [-0.4, -0.2) is 6.04 Å². The molecule has 19 heavy (non-hydrogen) atoms. The lowest BCUT2D eigenvalue weighted by Gasteiger charge is -2.30. The highest BCUT2D eigenvalue weighted by Crippen LogP contribution is 2.23. The van der Waals surface area contributed by atoms with E-state index >= 15 is 0 Å². The smallest absolute Gasteiger partial charge is 0.0259 e. The number of unbranched alkanes of at least 4 members (excludes halogenated alkanes) is 9. The molecule has 116 valence electrons. The predicted molar refractivity (Wildman–Crippen MR) is 87.0 cm³/mol. The highest BCUT2D eigenvalue weighted by molar-refractivity contribution is 4.78. The molecule has 3 N–H and O–H groups in total. The van der Waals surface area contributed by atoms with Crippen molar-refractivity contribution in [2.45, 2.75) is 104 Å². The van der Waals surface area contributed by atoms with Crippen LogP contribution >= 0.6 is 0 Å². The lowest BCUT2D eigenvalue weighted by molar-refractivity contribution is 0.251. The summed E-state index contributed by atoms with van der Waals surface area (Å²) in [6.07, 6.45) is 15.2. The van der Waals surface area contributed by atoms with Crippen molar-refractivity contribution in [1.82, 2.24) is 5.43 Å². The lowest BCUT2D eigenvalue weighted by Crippen LogP contribution is -2.44. The van der Waals surface area contributed by atoms with Crippen molar-refractivity contribution >= 4 is 0 Å². The Morgan fingerprint density at radius 1 is 0.789 bits per heavy atom. The Labute approximate surface area is 121 Å². The maximum atomic E-state index is 5.63. The third-order valence-corrected chi connectivity index (χ3v) is 4.09. The van der Waals surface area contributed by atoms with Gasteiger partial charge >= 0.3 is 0 Å². The fraction of sp³-hybridized carbons (Fsp3) is 1.00. The molecule has 2 heteroatoms. The Balaban J connectivity index is 3.31. The number of nitrogens with one attached hydrogen (secondary N) is 1. The van der Waals surface area contributed by atoms with Gasteiger partial charge in [0, 0.05) is 6.04 Å². The van der Waals surface area contributed by atoms with Gasteiger partial charge in [-0.05, 0) is 11.8 Å². The summed E-state index contributed by atoms with van der Waals surface area (Å²) >= 11 is 0. The number of hydrazine groups is 1. The van der Waals surface area contributed by atoms with Crippen LogP contribution in [0.2, 0.25) is 0 Å². The third-order valence-electron chi connectivity index (χ3n) is 4.09. The van der Waals surface area contributed by atoms with Gasteiger partial charge in [-0.1, -0.05) is 91.9 Å². The second kappa shape index (κ2) is 11.7. The molecule has 0 aliphatic heterocycles. The SMILES string of the molecule is CCCCCCCCCCCCC(NN)C(C)(C)C. The molecule has 0 fully saturated rings. The van der Waals surface area contributed by atoms with E-state index in [0.717, 1.165) is 0 Å². The standard InChI is InChI=1S/C17H38N2/c1-5-6-7-8-9-10-11-12-13-14-15-16(19-18)17(2,3)4/h16,19H,5-15,18H2,1-4H3. The zero-order valence-corrected chi connectivity index (χ0v) is 13.9. The Morgan fingerprint density at radius 2 is 1.21 bits per heavy atom. The van der Waals surface area contributed by atoms with Gasteiger partial charge in [0.1, 0.15) is 0 Å². The molecule has 0 bridgehead atoms. The summed E-state index contributed by atoms with van der Waals surface area (Å²) < 4.78 is 0. The average Bonchev–Trinajstić information content (AvgIpc) is 2.34. The second-order valence-corrected chi connectivity index (χ2v) is 7.06. The zero-order chi connectivity index (χ0) is 14.6. The quantitative estimate of drug-likeness (QED) is 0.291. The molecule has 1 atom stereocenters. The van der Waals surface area contributed by atoms with Crippen molar-refractivity contribution in [1.29, 1.82) is 0 Å². The summed E-state index contributed by atoms with van der Waals surface area (Å²) in [5.41, 5.74) is 3.24. The topological polar surface area (TPSA) is 38.0 Å². The van der Waals surface area contributed by atoms with Gasteiger partial charge in [-0.15, -0.1) is 0 Å². The zero-order valence-electron chi connectivity index (χ0n) is 13.9. The molecule has 0 aliphatic carbocycles. The molecular weight excluding hydrogens is 232 g/mol. The van der Waals surface area contributed by atoms with E-state index in [1.807, 2.05) is 0 Å². The van der Waals surface area contributed by atoms with E-state index in [4.69, 9.17) is 5.84 Å². The van der Waals surface area contributed by atoms with Gasteiger partial charge in [0.25, 0.3) is 0 Å². The minimum absolute atomic E-state index is 0.272. The molecule has 1 unspecified atom stereocenters. The van der Waals surface area contributed by atoms with Crippen LogP contribution in [-0.2, 0) is 0 Å². The van der Waals surface area contributed by atoms with E-state index in [1.165, 1.54) is 70.6 Å². The molecule has 0 aromatic carbocycles. The Bertz CT molecular complexity index is 184. The summed E-state index contributed by atoms with van der Waals surface area (Å²) in [6.45, 7) is 9.05. The molecule has 0 saturated heterocycles. The first-order valence-corrected chi connectivity index (χ1v) is 8.48. The Hall–Kier alpha value is -0.0800. The van der Waals surface area contributed by atoms with Crippen molar-refractivity contribution in [2.75, 3.05) is 0 Å². The van der Waals surface area contributed by atoms with Crippen molar-refractivity contribution in [3.8, 4) is 0 Å². The Morgan fingerprint density at radius 3 is 1.58 bits per heavy atom. The molecule has 0 amide bonds. The molecule has 0 radical (unpaired) electrons. The first kappa shape index (κ1) is 18.9. The number of rotatable bonds is 12. The van der Waals surface area contributed by atoms with E-state index in [9.17, 15) is 0 Å². The molecule has 0 saturated carbocycles. The van der Waals surface area contributed by atoms with Crippen LogP contribution in [0.1, 0.15) is 98.3 Å². The van der Waals surface area contributed by atoms with Gasteiger partial charge in [-0.25, -0.2) is 0 Å². The van der Waals surface area contributed by atoms with Crippen molar-refractivity contribution in [3.63, 3.8) is 0 Å². The molecule has 0 spiro atoms. The largest absolute Gasteiger partial charge is 0.271 e. The van der Waals surface area contributed by atoms with Crippen molar-refractivity contribution in [3.05, 3.63) is 0 Å². The molecule has 2 nitrogen and oxygen atoms in total. The first-order chi connectivity index (χ1) is 9.02. The Kier molecular flexibility index (Phi) is 11.7. The lowest BCUT2D eigenvalue weighted by atomic mass is 9.84. The summed E-state index contributed by atoms with van der Waals surface area (Å²) in [5.74, 6) is 5.63. The van der Waals surface area contributed by atoms with E-state index in [0.29, 0.717) is 6.04 Å². The van der Waals surface area contributed by atoms with E-state index in [-0.39, 0.29) is 5.41 Å². The summed E-state index contributed by atoms with van der Waals surface area (Å²) in [7, 11) is 0. The van der Waals surface area contributed by atoms with Gasteiger partial charge in [-0.2, -0.15) is 0 Å². The average molecular weight is 271 g/mol. The minimum Gasteiger partial charge on any atom is -0.271 e. The van der Waals surface area contributed by atoms with Gasteiger partial charge < -0.3 is 0 Å². The molecule has 0 aromatic heterocycles. The maximum absolute atomic E-state index is 5.63. The summed E-state index contributed by atoms with van der Waals surface area (Å²) in [6, 6.07) is 0.446. The normalized spacial score (nSPS) is 13.7.